The number of carboxylic acid groups (broad SMARTS) is 1. The van der Waals surface area contributed by atoms with Crippen molar-refractivity contribution in [2.24, 2.45) is 22.2 Å². The summed E-state index contributed by atoms with van der Waals surface area (Å²) in [7, 11) is -4.27. The van der Waals surface area contributed by atoms with Crippen molar-refractivity contribution < 1.29 is 31.8 Å². The Morgan fingerprint density at radius 1 is 1.04 bits per heavy atom. The fourth-order valence-corrected chi connectivity index (χ4v) is 8.73. The molecule has 4 aliphatic rings. The highest BCUT2D eigenvalue weighted by Gasteiger charge is 2.66. The number of anilines is 1. The van der Waals surface area contributed by atoms with Gasteiger partial charge in [-0.3, -0.25) is 4.99 Å². The molecule has 2 aliphatic heterocycles. The van der Waals surface area contributed by atoms with Crippen molar-refractivity contribution >= 4 is 28.2 Å². The first-order chi connectivity index (χ1) is 26.7. The van der Waals surface area contributed by atoms with Crippen molar-refractivity contribution in [1.29, 1.82) is 0 Å². The molecule has 2 saturated carbocycles. The van der Waals surface area contributed by atoms with Crippen LogP contribution in [0.3, 0.4) is 0 Å². The van der Waals surface area contributed by atoms with Crippen LogP contribution in [0.25, 0.3) is 11.3 Å². The van der Waals surface area contributed by atoms with Crippen molar-refractivity contribution in [2.45, 2.75) is 101 Å². The quantitative estimate of drug-likeness (QED) is 0.156. The summed E-state index contributed by atoms with van der Waals surface area (Å²) in [4.78, 5) is 25.4. The van der Waals surface area contributed by atoms with Gasteiger partial charge in [0.05, 0.1) is 27.3 Å². The number of alkyl halides is 2. The standard InChI is InChI=1S/C43H49F2N5O5S/c1-27-9-6-10-28(2)39(27)36-23-38(49-41(48-36)50-56(53,54)33-14-7-13-32(22-33)40(51)52)55-25-37-31(21-29-17-18-29)12-8-16-35(47-37)34-15-5-4-11-30(24-46-34)19-20-42(3)26-43(42,44)45/h6-7,9-11,13-15,19-20,22-24,29,31,35,37,47H,4-5,8,12,16-18,21,25-26H2,1-3H3,(H,51,52)(H,48,49,50)/b20-19?,30-11-,34-15-,46-24+/t31-,35-,37-,42?/m0/s1. The highest BCUT2D eigenvalue weighted by Crippen LogP contribution is 2.61. The zero-order chi connectivity index (χ0) is 39.7. The fourth-order valence-electron chi connectivity index (χ4n) is 7.74. The lowest BCUT2D eigenvalue weighted by Gasteiger charge is -2.29. The molecule has 0 spiro atoms. The van der Waals surface area contributed by atoms with Gasteiger partial charge in [0.15, 0.2) is 0 Å². The maximum absolute atomic E-state index is 13.9. The Bertz CT molecular complexity index is 2200. The van der Waals surface area contributed by atoms with E-state index in [1.165, 1.54) is 31.0 Å². The molecule has 3 fully saturated rings. The Hall–Kier alpha value is -4.75. The molecule has 1 aromatic heterocycles. The molecule has 4 atom stereocenters. The van der Waals surface area contributed by atoms with Gasteiger partial charge in [-0.2, -0.15) is 4.98 Å². The SMILES string of the molecule is Cc1cccc(C)c1-c1cc(OC[C@@H]2N[C@H](C3=C\CC\C=C(C=CC4(C)CC4(F)F)/C=N/3)CCC[C@H]2CC2CC2)nc(NS(=O)(=O)c2cccc(C(=O)O)c2)n1. The molecule has 0 amide bonds. The van der Waals surface area contributed by atoms with E-state index in [1.54, 1.807) is 31.4 Å². The number of rotatable bonds is 13. The molecular weight excluding hydrogens is 737 g/mol. The van der Waals surface area contributed by atoms with E-state index in [0.717, 1.165) is 72.6 Å². The van der Waals surface area contributed by atoms with Gasteiger partial charge in [0.2, 0.25) is 11.8 Å². The van der Waals surface area contributed by atoms with Crippen LogP contribution in [0.15, 0.2) is 94.0 Å². The maximum Gasteiger partial charge on any atom is 0.335 e. The number of nitrogens with zero attached hydrogens (tertiary/aromatic N) is 3. The van der Waals surface area contributed by atoms with Crippen molar-refractivity contribution in [3.63, 3.8) is 0 Å². The van der Waals surface area contributed by atoms with Crippen LogP contribution in [0.2, 0.25) is 0 Å². The molecule has 1 unspecified atom stereocenters. The number of aromatic nitrogens is 2. The summed E-state index contributed by atoms with van der Waals surface area (Å²) in [5.41, 5.74) is 3.67. The highest BCUT2D eigenvalue weighted by atomic mass is 32.2. The third kappa shape index (κ3) is 9.26. The molecule has 10 nitrogen and oxygen atoms in total. The average Bonchev–Trinajstić information content (AvgIpc) is 4.05. The fraction of sp³-hybridized carbons (Fsp3) is 0.442. The van der Waals surface area contributed by atoms with Crippen LogP contribution < -0.4 is 14.8 Å². The van der Waals surface area contributed by atoms with E-state index in [4.69, 9.17) is 9.73 Å². The molecular formula is C43H49F2N5O5S. The number of aliphatic imine (C=N–C) groups is 1. The van der Waals surface area contributed by atoms with Crippen LogP contribution >= 0.6 is 0 Å². The molecule has 1 saturated heterocycles. The number of hydrogen-bond donors (Lipinski definition) is 3. The monoisotopic (exact) mass is 785 g/mol. The number of ether oxygens (including phenoxy) is 1. The molecule has 3 heterocycles. The third-order valence-electron chi connectivity index (χ3n) is 11.4. The molecule has 56 heavy (non-hydrogen) atoms. The van der Waals surface area contributed by atoms with Gasteiger partial charge in [-0.25, -0.2) is 31.7 Å². The van der Waals surface area contributed by atoms with E-state index in [9.17, 15) is 27.1 Å². The molecule has 7 rings (SSSR count). The second kappa shape index (κ2) is 16.0. The van der Waals surface area contributed by atoms with Crippen LogP contribution in [0.1, 0.15) is 86.2 Å². The van der Waals surface area contributed by atoms with Gasteiger partial charge in [-0.15, -0.1) is 0 Å². The number of halogens is 2. The Balaban J connectivity index is 1.14. The Labute approximate surface area is 327 Å². The summed E-state index contributed by atoms with van der Waals surface area (Å²) >= 11 is 0. The predicted molar refractivity (Wildman–Crippen MR) is 213 cm³/mol. The van der Waals surface area contributed by atoms with Gasteiger partial charge in [0.25, 0.3) is 15.9 Å². The first-order valence-corrected chi connectivity index (χ1v) is 20.9. The topological polar surface area (TPSA) is 143 Å². The van der Waals surface area contributed by atoms with Crippen molar-refractivity contribution in [2.75, 3.05) is 11.3 Å². The first-order valence-electron chi connectivity index (χ1n) is 19.4. The molecule has 3 N–H and O–H groups in total. The largest absolute Gasteiger partial charge is 0.478 e. The number of carboxylic acids is 1. The van der Waals surface area contributed by atoms with Gasteiger partial charge in [-0.05, 0) is 92.7 Å². The predicted octanol–water partition coefficient (Wildman–Crippen LogP) is 8.84. The lowest BCUT2D eigenvalue weighted by Crippen LogP contribution is -2.45. The Morgan fingerprint density at radius 3 is 2.48 bits per heavy atom. The minimum Gasteiger partial charge on any atom is -0.478 e. The lowest BCUT2D eigenvalue weighted by molar-refractivity contribution is 0.0696. The van der Waals surface area contributed by atoms with Gasteiger partial charge < -0.3 is 15.2 Å². The summed E-state index contributed by atoms with van der Waals surface area (Å²) in [6.45, 7) is 5.76. The number of allylic oxidation sites excluding steroid dienone is 5. The summed E-state index contributed by atoms with van der Waals surface area (Å²) in [6, 6.07) is 12.6. The molecule has 296 valence electrons. The minimum atomic E-state index is -4.27. The second-order valence-corrected chi connectivity index (χ2v) is 17.6. The van der Waals surface area contributed by atoms with Crippen LogP contribution in [0.4, 0.5) is 14.7 Å². The van der Waals surface area contributed by atoms with E-state index in [2.05, 4.69) is 26.1 Å². The second-order valence-electron chi connectivity index (χ2n) is 15.9. The number of hydrogen-bond acceptors (Lipinski definition) is 8. The Kier molecular flexibility index (Phi) is 11.3. The van der Waals surface area contributed by atoms with Crippen LogP contribution in [-0.2, 0) is 10.0 Å². The number of nitrogens with one attached hydrogen (secondary N) is 2. The van der Waals surface area contributed by atoms with E-state index in [-0.39, 0.29) is 47.4 Å². The molecule has 2 aromatic carbocycles. The number of benzene rings is 2. The zero-order valence-corrected chi connectivity index (χ0v) is 32.8. The molecule has 0 radical (unpaired) electrons. The van der Waals surface area contributed by atoms with Gasteiger partial charge in [0, 0.05) is 36.3 Å². The summed E-state index contributed by atoms with van der Waals surface area (Å²) in [5, 5.41) is 13.3. The molecule has 2 aliphatic carbocycles. The van der Waals surface area contributed by atoms with E-state index in [1.807, 2.05) is 38.1 Å². The minimum absolute atomic E-state index is 0.0443. The average molecular weight is 786 g/mol. The van der Waals surface area contributed by atoms with Crippen molar-refractivity contribution in [3.8, 4) is 17.1 Å². The van der Waals surface area contributed by atoms with E-state index < -0.39 is 27.3 Å². The van der Waals surface area contributed by atoms with Crippen molar-refractivity contribution in [3.05, 3.63) is 101 Å². The van der Waals surface area contributed by atoms with Gasteiger partial charge in [-0.1, -0.05) is 74.8 Å². The normalized spacial score (nSPS) is 27.5. The molecule has 3 aromatic rings. The van der Waals surface area contributed by atoms with Gasteiger partial charge in [0.1, 0.15) is 6.61 Å². The third-order valence-corrected chi connectivity index (χ3v) is 12.7. The smallest absolute Gasteiger partial charge is 0.335 e. The van der Waals surface area contributed by atoms with Gasteiger partial charge >= 0.3 is 5.97 Å². The first kappa shape index (κ1) is 39.5. The van der Waals surface area contributed by atoms with Crippen molar-refractivity contribution in [1.82, 2.24) is 15.3 Å². The molecule has 13 heteroatoms. The summed E-state index contributed by atoms with van der Waals surface area (Å²) in [6.07, 6.45) is 17.2. The summed E-state index contributed by atoms with van der Waals surface area (Å²) in [5.74, 6) is -2.88. The van der Waals surface area contributed by atoms with E-state index >= 15 is 0 Å². The number of sulfonamides is 1. The number of aromatic carboxylic acids is 1. The zero-order valence-electron chi connectivity index (χ0n) is 32.0. The summed E-state index contributed by atoms with van der Waals surface area (Å²) < 4.78 is 63.8. The number of aryl methyl sites for hydroxylation is 2. The van der Waals surface area contributed by atoms with E-state index in [0.29, 0.717) is 17.5 Å². The van der Waals surface area contributed by atoms with Crippen LogP contribution in [0, 0.1) is 31.1 Å². The maximum atomic E-state index is 13.9. The molecule has 0 bridgehead atoms. The Morgan fingerprint density at radius 2 is 1.77 bits per heavy atom. The lowest BCUT2D eigenvalue weighted by atomic mass is 9.90. The number of carbonyl (C=O) groups is 1. The van der Waals surface area contributed by atoms with Crippen LogP contribution in [0.5, 0.6) is 5.88 Å². The highest BCUT2D eigenvalue weighted by molar-refractivity contribution is 7.92. The van der Waals surface area contributed by atoms with Crippen LogP contribution in [-0.4, -0.2) is 60.3 Å².